The van der Waals surface area contributed by atoms with E-state index < -0.39 is 0 Å². The normalized spacial score (nSPS) is 12.5. The number of hydrogen-bond acceptors (Lipinski definition) is 4. The van der Waals surface area contributed by atoms with Crippen LogP contribution in [0.15, 0.2) is 12.2 Å². The summed E-state index contributed by atoms with van der Waals surface area (Å²) in [4.78, 5) is 21.0. The second-order valence-electron chi connectivity index (χ2n) is 2.79. The summed E-state index contributed by atoms with van der Waals surface area (Å²) in [6.07, 6.45) is 3.85. The van der Waals surface area contributed by atoms with Crippen molar-refractivity contribution in [3.05, 3.63) is 12.2 Å². The van der Waals surface area contributed by atoms with Gasteiger partial charge in [-0.2, -0.15) is 0 Å². The number of rotatable bonds is 5. The number of esters is 2. The van der Waals surface area contributed by atoms with Crippen LogP contribution < -0.4 is 0 Å². The van der Waals surface area contributed by atoms with E-state index in [4.69, 9.17) is 4.74 Å². The molecule has 0 bridgehead atoms. The summed E-state index contributed by atoms with van der Waals surface area (Å²) in [5.41, 5.74) is 0. The first kappa shape index (κ1) is 12.7. The van der Waals surface area contributed by atoms with Gasteiger partial charge in [0.2, 0.25) is 0 Å². The molecule has 0 rings (SSSR count). The highest BCUT2D eigenvalue weighted by Crippen LogP contribution is 2.00. The molecule has 0 saturated carbocycles. The summed E-state index contributed by atoms with van der Waals surface area (Å²) < 4.78 is 9.62. The molecule has 14 heavy (non-hydrogen) atoms. The first-order valence-electron chi connectivity index (χ1n) is 4.53. The van der Waals surface area contributed by atoms with Gasteiger partial charge in [0, 0.05) is 13.8 Å². The van der Waals surface area contributed by atoms with Crippen molar-refractivity contribution in [1.29, 1.82) is 0 Å². The number of carbonyl (C=O) groups is 2. The Morgan fingerprint density at radius 3 is 2.36 bits per heavy atom. The minimum atomic E-state index is -0.324. The van der Waals surface area contributed by atoms with Crippen LogP contribution in [0.3, 0.4) is 0 Å². The van der Waals surface area contributed by atoms with E-state index in [0.29, 0.717) is 6.42 Å². The van der Waals surface area contributed by atoms with Crippen LogP contribution in [0, 0.1) is 0 Å². The van der Waals surface area contributed by atoms with Gasteiger partial charge in [0.1, 0.15) is 12.7 Å². The van der Waals surface area contributed by atoms with E-state index >= 15 is 0 Å². The standard InChI is InChI=1S/C10H16O4/c1-4-10(14-9(3)12)6-5-7-13-8(2)11/h5-6,10H,4,7H2,1-3H3/b6-5+. The van der Waals surface area contributed by atoms with Gasteiger partial charge in [-0.1, -0.05) is 6.92 Å². The Hall–Kier alpha value is -1.32. The topological polar surface area (TPSA) is 52.6 Å². The molecule has 0 aromatic rings. The first-order valence-corrected chi connectivity index (χ1v) is 4.53. The third kappa shape index (κ3) is 7.34. The Labute approximate surface area is 83.9 Å². The van der Waals surface area contributed by atoms with Crippen LogP contribution in [0.5, 0.6) is 0 Å². The van der Waals surface area contributed by atoms with Crippen molar-refractivity contribution in [2.45, 2.75) is 33.3 Å². The molecule has 1 atom stereocenters. The Balaban J connectivity index is 3.80. The molecule has 80 valence electrons. The maximum Gasteiger partial charge on any atom is 0.303 e. The van der Waals surface area contributed by atoms with Gasteiger partial charge in [-0.3, -0.25) is 9.59 Å². The molecule has 0 aromatic carbocycles. The van der Waals surface area contributed by atoms with E-state index in [9.17, 15) is 9.59 Å². The Kier molecular flexibility index (Phi) is 6.45. The van der Waals surface area contributed by atoms with Crippen LogP contribution in [0.1, 0.15) is 27.2 Å². The largest absolute Gasteiger partial charge is 0.462 e. The second kappa shape index (κ2) is 7.12. The lowest BCUT2D eigenvalue weighted by Crippen LogP contribution is -2.12. The third-order valence-electron chi connectivity index (χ3n) is 1.45. The summed E-state index contributed by atoms with van der Waals surface area (Å²) in [6, 6.07) is 0. The zero-order valence-corrected chi connectivity index (χ0v) is 8.78. The van der Waals surface area contributed by atoms with Crippen molar-refractivity contribution in [2.24, 2.45) is 0 Å². The molecule has 0 aliphatic rings. The van der Waals surface area contributed by atoms with Crippen LogP contribution in [0.25, 0.3) is 0 Å². The van der Waals surface area contributed by atoms with Gasteiger partial charge in [0.05, 0.1) is 0 Å². The van der Waals surface area contributed by atoms with Crippen molar-refractivity contribution < 1.29 is 19.1 Å². The van der Waals surface area contributed by atoms with Crippen molar-refractivity contribution in [3.63, 3.8) is 0 Å². The van der Waals surface area contributed by atoms with Gasteiger partial charge >= 0.3 is 11.9 Å². The molecule has 1 unspecified atom stereocenters. The highest BCUT2D eigenvalue weighted by Gasteiger charge is 2.03. The molecule has 0 saturated heterocycles. The minimum absolute atomic E-state index is 0.215. The summed E-state index contributed by atoms with van der Waals surface area (Å²) in [6.45, 7) is 4.83. The number of carbonyl (C=O) groups excluding carboxylic acids is 2. The average molecular weight is 200 g/mol. The lowest BCUT2D eigenvalue weighted by atomic mass is 10.2. The smallest absolute Gasteiger partial charge is 0.303 e. The molecule has 0 fully saturated rings. The van der Waals surface area contributed by atoms with Gasteiger partial charge in [-0.15, -0.1) is 0 Å². The Morgan fingerprint density at radius 2 is 1.93 bits per heavy atom. The average Bonchev–Trinajstić information content (AvgIpc) is 2.09. The molecule has 4 heteroatoms. The third-order valence-corrected chi connectivity index (χ3v) is 1.45. The van der Waals surface area contributed by atoms with Crippen molar-refractivity contribution >= 4 is 11.9 Å². The first-order chi connectivity index (χ1) is 6.56. The number of ether oxygens (including phenoxy) is 2. The highest BCUT2D eigenvalue weighted by molar-refractivity contribution is 5.66. The lowest BCUT2D eigenvalue weighted by molar-refractivity contribution is -0.144. The highest BCUT2D eigenvalue weighted by atomic mass is 16.5. The molecule has 0 aliphatic carbocycles. The molecular formula is C10H16O4. The van der Waals surface area contributed by atoms with E-state index in [1.165, 1.54) is 13.8 Å². The fourth-order valence-electron chi connectivity index (χ4n) is 0.845. The molecule has 0 amide bonds. The molecule has 4 nitrogen and oxygen atoms in total. The van der Waals surface area contributed by atoms with Gasteiger partial charge in [0.15, 0.2) is 0 Å². The minimum Gasteiger partial charge on any atom is -0.462 e. The quantitative estimate of drug-likeness (QED) is 0.498. The van der Waals surface area contributed by atoms with E-state index in [1.54, 1.807) is 12.2 Å². The van der Waals surface area contributed by atoms with Gasteiger partial charge in [-0.25, -0.2) is 0 Å². The maximum atomic E-state index is 10.6. The van der Waals surface area contributed by atoms with E-state index in [2.05, 4.69) is 4.74 Å². The second-order valence-corrected chi connectivity index (χ2v) is 2.79. The van der Waals surface area contributed by atoms with Gasteiger partial charge in [0.25, 0.3) is 0 Å². The summed E-state index contributed by atoms with van der Waals surface area (Å²) >= 11 is 0. The fraction of sp³-hybridized carbons (Fsp3) is 0.600. The summed E-state index contributed by atoms with van der Waals surface area (Å²) in [7, 11) is 0. The molecular weight excluding hydrogens is 184 g/mol. The lowest BCUT2D eigenvalue weighted by Gasteiger charge is -2.09. The van der Waals surface area contributed by atoms with Crippen molar-refractivity contribution in [1.82, 2.24) is 0 Å². The number of hydrogen-bond donors (Lipinski definition) is 0. The SMILES string of the molecule is CCC(/C=C/COC(C)=O)OC(C)=O. The molecule has 0 N–H and O–H groups in total. The van der Waals surface area contributed by atoms with Gasteiger partial charge in [-0.05, 0) is 18.6 Å². The monoisotopic (exact) mass is 200 g/mol. The predicted molar refractivity (Wildman–Crippen MR) is 51.6 cm³/mol. The van der Waals surface area contributed by atoms with Crippen LogP contribution in [0.4, 0.5) is 0 Å². The van der Waals surface area contributed by atoms with Gasteiger partial charge < -0.3 is 9.47 Å². The molecule has 0 spiro atoms. The zero-order valence-electron chi connectivity index (χ0n) is 8.78. The van der Waals surface area contributed by atoms with Crippen molar-refractivity contribution in [3.8, 4) is 0 Å². The van der Waals surface area contributed by atoms with E-state index in [-0.39, 0.29) is 24.6 Å². The Bertz CT molecular complexity index is 220. The molecule has 0 heterocycles. The molecule has 0 aliphatic heterocycles. The zero-order chi connectivity index (χ0) is 11.0. The van der Waals surface area contributed by atoms with Crippen molar-refractivity contribution in [2.75, 3.05) is 6.61 Å². The van der Waals surface area contributed by atoms with Crippen LogP contribution in [-0.2, 0) is 19.1 Å². The summed E-state index contributed by atoms with van der Waals surface area (Å²) in [5, 5.41) is 0. The predicted octanol–water partition coefficient (Wildman–Crippen LogP) is 1.45. The van der Waals surface area contributed by atoms with Crippen LogP contribution in [-0.4, -0.2) is 24.6 Å². The van der Waals surface area contributed by atoms with E-state index in [1.807, 2.05) is 6.92 Å². The maximum absolute atomic E-state index is 10.6. The summed E-state index contributed by atoms with van der Waals surface area (Å²) in [5.74, 6) is -0.635. The Morgan fingerprint density at radius 1 is 1.29 bits per heavy atom. The van der Waals surface area contributed by atoms with Crippen LogP contribution >= 0.6 is 0 Å². The molecule has 0 aromatic heterocycles. The van der Waals surface area contributed by atoms with Crippen LogP contribution in [0.2, 0.25) is 0 Å². The van der Waals surface area contributed by atoms with E-state index in [0.717, 1.165) is 0 Å². The molecule has 0 radical (unpaired) electrons. The fourth-order valence-corrected chi connectivity index (χ4v) is 0.845.